The van der Waals surface area contributed by atoms with Gasteiger partial charge in [0, 0.05) is 32.5 Å². The summed E-state index contributed by atoms with van der Waals surface area (Å²) in [6.07, 6.45) is 41.8. The molecule has 0 aliphatic rings. The number of hydroxylamine groups is 4. The third-order valence-corrected chi connectivity index (χ3v) is 11.7. The van der Waals surface area contributed by atoms with E-state index in [1.807, 2.05) is 5.06 Å². The molecule has 0 spiro atoms. The van der Waals surface area contributed by atoms with Gasteiger partial charge in [0.05, 0.1) is 13.2 Å². The van der Waals surface area contributed by atoms with Crippen LogP contribution in [0.5, 0.6) is 0 Å². The van der Waals surface area contributed by atoms with Gasteiger partial charge in [-0.15, -0.1) is 5.06 Å². The van der Waals surface area contributed by atoms with Crippen molar-refractivity contribution in [3.8, 4) is 0 Å². The number of hydrogen-bond acceptors (Lipinski definition) is 9. The first-order valence-electron chi connectivity index (χ1n) is 26.4. The molecule has 0 aliphatic carbocycles. The van der Waals surface area contributed by atoms with Gasteiger partial charge in [0.25, 0.3) is 0 Å². The molecule has 0 saturated carbocycles. The lowest BCUT2D eigenvalue weighted by Crippen LogP contribution is -2.29. The maximum Gasteiger partial charge on any atom is 0.328 e. The molecule has 0 aromatic rings. The molecule has 0 aliphatic heterocycles. The largest absolute Gasteiger partial charge is 0.396 e. The van der Waals surface area contributed by atoms with Gasteiger partial charge in [-0.25, -0.2) is 0 Å². The first kappa shape index (κ1) is 58.7. The zero-order valence-corrected chi connectivity index (χ0v) is 40.6. The van der Waals surface area contributed by atoms with Crippen molar-refractivity contribution in [2.45, 2.75) is 265 Å². The van der Waals surface area contributed by atoms with Gasteiger partial charge >= 0.3 is 11.9 Å². The second kappa shape index (κ2) is 48.8. The molecule has 0 aromatic heterocycles. The molecule has 9 nitrogen and oxygen atoms in total. The van der Waals surface area contributed by atoms with Gasteiger partial charge in [0.15, 0.2) is 0 Å². The summed E-state index contributed by atoms with van der Waals surface area (Å²) >= 11 is 0. The lowest BCUT2D eigenvalue weighted by atomic mass is 10.1. The summed E-state index contributed by atoms with van der Waals surface area (Å²) in [7, 11) is 0. The van der Waals surface area contributed by atoms with Crippen molar-refractivity contribution in [2.75, 3.05) is 52.5 Å². The highest BCUT2D eigenvalue weighted by Crippen LogP contribution is 2.15. The number of aliphatic hydroxyl groups is 1. The Morgan fingerprint density at radius 1 is 0.367 bits per heavy atom. The monoisotopic (exact) mass is 854 g/mol. The normalized spacial score (nSPS) is 11.7. The maximum atomic E-state index is 12.7. The van der Waals surface area contributed by atoms with Crippen LogP contribution in [0, 0.1) is 0 Å². The minimum absolute atomic E-state index is 0.0516. The summed E-state index contributed by atoms with van der Waals surface area (Å²) in [5.74, 6) is -0.231. The van der Waals surface area contributed by atoms with Crippen molar-refractivity contribution < 1.29 is 29.2 Å². The molecule has 0 atom stereocenters. The van der Waals surface area contributed by atoms with Crippen molar-refractivity contribution in [3.05, 3.63) is 0 Å². The Morgan fingerprint density at radius 3 is 1.13 bits per heavy atom. The molecule has 0 unspecified atom stereocenters. The maximum absolute atomic E-state index is 12.7. The minimum atomic E-state index is -0.179. The van der Waals surface area contributed by atoms with E-state index in [4.69, 9.17) is 14.5 Å². The van der Waals surface area contributed by atoms with Crippen molar-refractivity contribution in [2.24, 2.45) is 0 Å². The van der Waals surface area contributed by atoms with Gasteiger partial charge in [0.2, 0.25) is 0 Å². The van der Waals surface area contributed by atoms with E-state index in [-0.39, 0.29) is 18.5 Å². The minimum Gasteiger partial charge on any atom is -0.396 e. The van der Waals surface area contributed by atoms with Crippen LogP contribution in [0.2, 0.25) is 0 Å². The zero-order valence-electron chi connectivity index (χ0n) is 40.6. The molecule has 0 fully saturated rings. The van der Waals surface area contributed by atoms with Crippen LogP contribution in [-0.2, 0) is 24.1 Å². The molecule has 0 saturated heterocycles. The third-order valence-electron chi connectivity index (χ3n) is 11.7. The van der Waals surface area contributed by atoms with Gasteiger partial charge in [0.1, 0.15) is 0 Å². The van der Waals surface area contributed by atoms with Crippen LogP contribution in [0.15, 0.2) is 0 Å². The molecular weight excluding hydrogens is 751 g/mol. The highest BCUT2D eigenvalue weighted by molar-refractivity contribution is 5.69. The Hall–Kier alpha value is -1.26. The molecule has 0 heterocycles. The molecule has 358 valence electrons. The van der Waals surface area contributed by atoms with Gasteiger partial charge in [-0.05, 0) is 89.1 Å². The van der Waals surface area contributed by atoms with E-state index < -0.39 is 0 Å². The number of aliphatic hydroxyl groups excluding tert-OH is 1. The molecule has 0 bridgehead atoms. The highest BCUT2D eigenvalue weighted by atomic mass is 17.0. The molecule has 1 N–H and O–H groups in total. The molecular formula is C51H103N3O6. The standard InChI is InChI=1S/C51H103N3O6/c1-5-9-13-17-25-34-45-53(46-35-26-18-14-10-6-2)59-50(56)40-30-22-20-21-24-32-42-52(44-37-38-48-55)43-33-28-23-31-41-51(57)60-54(47-36-27-19-15-11-7-3)58-49-39-29-16-12-8-4/h55H,5-49H2,1-4H3. The summed E-state index contributed by atoms with van der Waals surface area (Å²) < 4.78 is 0. The Labute approximate surface area is 373 Å². The second-order valence-electron chi connectivity index (χ2n) is 17.8. The topological polar surface area (TPSA) is 91.8 Å². The van der Waals surface area contributed by atoms with Crippen molar-refractivity contribution in [1.82, 2.24) is 15.2 Å². The summed E-state index contributed by atoms with van der Waals surface area (Å²) in [4.78, 5) is 45.5. The van der Waals surface area contributed by atoms with Crippen LogP contribution in [0.1, 0.15) is 265 Å². The fourth-order valence-electron chi connectivity index (χ4n) is 7.77. The second-order valence-corrected chi connectivity index (χ2v) is 17.8. The summed E-state index contributed by atoms with van der Waals surface area (Å²) in [6.45, 7) is 15.4. The number of hydrogen-bond donors (Lipinski definition) is 1. The number of unbranched alkanes of at least 4 members (excludes halogenated alkanes) is 28. The lowest BCUT2D eigenvalue weighted by molar-refractivity contribution is -0.346. The third kappa shape index (κ3) is 43.4. The molecule has 0 rings (SSSR count). The van der Waals surface area contributed by atoms with Crippen LogP contribution in [0.25, 0.3) is 0 Å². The Morgan fingerprint density at radius 2 is 0.700 bits per heavy atom. The smallest absolute Gasteiger partial charge is 0.328 e. The highest BCUT2D eigenvalue weighted by Gasteiger charge is 2.14. The first-order chi connectivity index (χ1) is 29.5. The van der Waals surface area contributed by atoms with E-state index in [1.54, 1.807) is 0 Å². The van der Waals surface area contributed by atoms with Crippen LogP contribution in [0.4, 0.5) is 0 Å². The quantitative estimate of drug-likeness (QED) is 0.0474. The molecule has 9 heteroatoms. The summed E-state index contributed by atoms with van der Waals surface area (Å²) in [6, 6.07) is 0. The number of carbonyl (C=O) groups excluding carboxylic acids is 2. The first-order valence-corrected chi connectivity index (χ1v) is 26.4. The van der Waals surface area contributed by atoms with Crippen molar-refractivity contribution >= 4 is 11.9 Å². The Kier molecular flexibility index (Phi) is 47.7. The Balaban J connectivity index is 4.36. The van der Waals surface area contributed by atoms with Crippen molar-refractivity contribution in [3.63, 3.8) is 0 Å². The van der Waals surface area contributed by atoms with Crippen LogP contribution in [-0.4, -0.2) is 84.7 Å². The summed E-state index contributed by atoms with van der Waals surface area (Å²) in [5.41, 5.74) is 0. The van der Waals surface area contributed by atoms with Gasteiger partial charge in [-0.3, -0.25) is 14.4 Å². The Bertz CT molecular complexity index is 848. The fourth-order valence-corrected chi connectivity index (χ4v) is 7.77. The van der Waals surface area contributed by atoms with Gasteiger partial charge < -0.3 is 19.7 Å². The predicted octanol–water partition coefficient (Wildman–Crippen LogP) is 14.2. The molecule has 0 amide bonds. The van der Waals surface area contributed by atoms with E-state index in [1.165, 1.54) is 140 Å². The van der Waals surface area contributed by atoms with Crippen LogP contribution < -0.4 is 0 Å². The number of carbonyl (C=O) groups is 2. The fraction of sp³-hybridized carbons (Fsp3) is 0.961. The zero-order chi connectivity index (χ0) is 43.8. The van der Waals surface area contributed by atoms with Gasteiger partial charge in [-0.2, -0.15) is 0 Å². The van der Waals surface area contributed by atoms with Crippen LogP contribution >= 0.6 is 0 Å². The van der Waals surface area contributed by atoms with E-state index in [2.05, 4.69) is 32.6 Å². The SMILES string of the molecule is CCCCCCCCN(CCCCCCCC)OC(=O)CCCCCCCCN(CCCCO)CCCCCCC(=O)ON(CCCCCCCC)OCCCCCCC. The lowest BCUT2D eigenvalue weighted by Gasteiger charge is -2.22. The molecule has 60 heavy (non-hydrogen) atoms. The number of nitrogens with zero attached hydrogens (tertiary/aromatic N) is 3. The van der Waals surface area contributed by atoms with E-state index in [0.717, 1.165) is 123 Å². The number of rotatable bonds is 50. The summed E-state index contributed by atoms with van der Waals surface area (Å²) in [5, 5.41) is 12.8. The van der Waals surface area contributed by atoms with E-state index in [9.17, 15) is 14.7 Å². The predicted molar refractivity (Wildman–Crippen MR) is 253 cm³/mol. The average molecular weight is 854 g/mol. The molecule has 0 aromatic carbocycles. The average Bonchev–Trinajstić information content (AvgIpc) is 3.24. The van der Waals surface area contributed by atoms with E-state index >= 15 is 0 Å². The van der Waals surface area contributed by atoms with Crippen molar-refractivity contribution in [1.29, 1.82) is 0 Å². The van der Waals surface area contributed by atoms with E-state index in [0.29, 0.717) is 26.0 Å². The van der Waals surface area contributed by atoms with Crippen LogP contribution in [0.3, 0.4) is 0 Å². The molecule has 0 radical (unpaired) electrons. The van der Waals surface area contributed by atoms with Gasteiger partial charge in [-0.1, -0.05) is 188 Å².